The lowest BCUT2D eigenvalue weighted by Gasteiger charge is -2.25. The maximum Gasteiger partial charge on any atom is 0.187 e. The fraction of sp³-hybridized carbons (Fsp3) is 0. The van der Waals surface area contributed by atoms with Crippen LogP contribution in [-0.4, -0.2) is 0 Å². The maximum absolute atomic E-state index is 10.4. The van der Waals surface area contributed by atoms with Gasteiger partial charge in [-0.3, -0.25) is 0 Å². The molecule has 2 aliphatic rings. The Morgan fingerprint density at radius 3 is 1.03 bits per heavy atom. The molecule has 0 amide bonds. The van der Waals surface area contributed by atoms with Crippen LogP contribution in [0.15, 0.2) is 194 Å². The first-order chi connectivity index (χ1) is 34.6. The number of nitriles is 2. The zero-order valence-corrected chi connectivity index (χ0v) is 37.3. The van der Waals surface area contributed by atoms with Crippen molar-refractivity contribution in [3.8, 4) is 101 Å². The molecule has 0 atom stereocenters. The van der Waals surface area contributed by atoms with Crippen LogP contribution in [-0.2, 0) is 0 Å². The highest BCUT2D eigenvalue weighted by Gasteiger charge is 2.34. The summed E-state index contributed by atoms with van der Waals surface area (Å²) in [6, 6.07) is 72.0. The minimum Gasteiger partial charge on any atom is -0.238 e. The summed E-state index contributed by atoms with van der Waals surface area (Å²) in [4.78, 5) is 7.86. The third kappa shape index (κ3) is 5.31. The smallest absolute Gasteiger partial charge is 0.187 e. The van der Waals surface area contributed by atoms with Crippen LogP contribution >= 0.6 is 0 Å². The van der Waals surface area contributed by atoms with Crippen molar-refractivity contribution in [1.29, 1.82) is 10.5 Å². The molecular formula is C66H32N4. The minimum atomic E-state index is 0.555. The number of hydrogen-bond acceptors (Lipinski definition) is 2. The number of fused-ring (bicyclic) bond motifs is 11. The average Bonchev–Trinajstić information content (AvgIpc) is 3.93. The van der Waals surface area contributed by atoms with E-state index in [1.807, 2.05) is 72.8 Å². The van der Waals surface area contributed by atoms with E-state index < -0.39 is 0 Å². The van der Waals surface area contributed by atoms with Gasteiger partial charge in [-0.25, -0.2) is 9.69 Å². The Morgan fingerprint density at radius 1 is 0.300 bits per heavy atom. The second-order valence-electron chi connectivity index (χ2n) is 18.2. The van der Waals surface area contributed by atoms with Gasteiger partial charge in [0.1, 0.15) is 0 Å². The molecule has 12 aromatic carbocycles. The normalized spacial score (nSPS) is 11.7. The van der Waals surface area contributed by atoms with Gasteiger partial charge in [-0.2, -0.15) is 10.5 Å². The summed E-state index contributed by atoms with van der Waals surface area (Å²) in [7, 11) is 0. The van der Waals surface area contributed by atoms with E-state index in [4.69, 9.17) is 13.1 Å². The molecule has 0 aromatic heterocycles. The number of hydrogen-bond donors (Lipinski definition) is 0. The lowest BCUT2D eigenvalue weighted by molar-refractivity contribution is 1.48. The van der Waals surface area contributed by atoms with Crippen molar-refractivity contribution in [2.45, 2.75) is 0 Å². The summed E-state index contributed by atoms with van der Waals surface area (Å²) in [5.74, 6) is 0. The molecule has 4 nitrogen and oxygen atoms in total. The lowest BCUT2D eigenvalue weighted by Crippen LogP contribution is -1.97. The summed E-state index contributed by atoms with van der Waals surface area (Å²) >= 11 is 0. The zero-order valence-electron chi connectivity index (χ0n) is 37.3. The highest BCUT2D eigenvalue weighted by Crippen LogP contribution is 2.62. The van der Waals surface area contributed by atoms with Crippen molar-refractivity contribution in [3.05, 3.63) is 228 Å². The molecule has 12 aromatic rings. The first-order valence-electron chi connectivity index (χ1n) is 23.2. The van der Waals surface area contributed by atoms with E-state index in [0.29, 0.717) is 22.5 Å². The fourth-order valence-electron chi connectivity index (χ4n) is 12.1. The van der Waals surface area contributed by atoms with Crippen molar-refractivity contribution < 1.29 is 0 Å². The fourth-order valence-corrected chi connectivity index (χ4v) is 12.1. The van der Waals surface area contributed by atoms with Gasteiger partial charge in [0, 0.05) is 0 Å². The Kier molecular flexibility index (Phi) is 8.21. The van der Waals surface area contributed by atoms with Gasteiger partial charge in [0.15, 0.2) is 11.4 Å². The molecular weight excluding hydrogens is 849 g/mol. The molecule has 316 valence electrons. The highest BCUT2D eigenvalue weighted by atomic mass is 14.6. The van der Waals surface area contributed by atoms with Crippen LogP contribution in [0.3, 0.4) is 0 Å². The second-order valence-corrected chi connectivity index (χ2v) is 18.2. The molecule has 0 spiro atoms. The molecule has 0 aliphatic heterocycles. The van der Waals surface area contributed by atoms with Gasteiger partial charge in [-0.15, -0.1) is 0 Å². The average molecular weight is 881 g/mol. The first-order valence-corrected chi connectivity index (χ1v) is 23.2. The second kappa shape index (κ2) is 14.7. The Bertz CT molecular complexity index is 4280. The number of rotatable bonds is 4. The van der Waals surface area contributed by atoms with Crippen LogP contribution in [0.25, 0.3) is 153 Å². The largest absolute Gasteiger partial charge is 0.238 e. The van der Waals surface area contributed by atoms with Crippen LogP contribution in [0.4, 0.5) is 11.4 Å². The Balaban J connectivity index is 1.26. The summed E-state index contributed by atoms with van der Waals surface area (Å²) < 4.78 is 0. The van der Waals surface area contributed by atoms with Crippen molar-refractivity contribution in [2.24, 2.45) is 0 Å². The van der Waals surface area contributed by atoms with Crippen LogP contribution in [0, 0.1) is 35.8 Å². The Hall–Kier alpha value is -10.1. The van der Waals surface area contributed by atoms with E-state index in [-0.39, 0.29) is 0 Å². The standard InChI is InChI=1S/C66H32N4/c1-69-45-21-5-19-43(33-45)58-54-30-28-48-47(61(54)59(42-18-4-12-38(32-42)36-68)65-51-25-9-15-40-14-8-24-50(56(40)51)64(58)65)27-29-53-57(41-17-3-11-37(31-41)35-67)63-49-23-7-13-39-16-10-26-52(55(39)49)66(63)60(62(48)53)44-20-6-22-46(34-44)70-2/h3-34H. The van der Waals surface area contributed by atoms with E-state index in [1.165, 1.54) is 10.8 Å². The van der Waals surface area contributed by atoms with E-state index in [0.717, 1.165) is 132 Å². The summed E-state index contributed by atoms with van der Waals surface area (Å²) in [6.07, 6.45) is 0. The molecule has 0 heterocycles. The SMILES string of the molecule is [C-]#[N+]c1cccc(-c2c3c(c(-c4cccc(C#N)c4)c4c2ccc2c4ccc4c(-c5cccc(C#N)c5)c5c(c(-c6cccc([N+]#[C-])c6)c42)-c2cccc4cccc-5c24)-c2cccc4cccc-3c24)c1. The van der Waals surface area contributed by atoms with E-state index in [9.17, 15) is 10.5 Å². The molecule has 14 rings (SSSR count). The van der Waals surface area contributed by atoms with Gasteiger partial charge >= 0.3 is 0 Å². The third-order valence-electron chi connectivity index (χ3n) is 14.7. The van der Waals surface area contributed by atoms with Gasteiger partial charge in [0.25, 0.3) is 0 Å². The molecule has 0 bridgehead atoms. The third-order valence-corrected chi connectivity index (χ3v) is 14.7. The molecule has 4 heteroatoms. The van der Waals surface area contributed by atoms with Gasteiger partial charge in [0.2, 0.25) is 0 Å². The van der Waals surface area contributed by atoms with Gasteiger partial charge in [0.05, 0.1) is 36.4 Å². The molecule has 0 saturated carbocycles. The number of benzene rings is 12. The highest BCUT2D eigenvalue weighted by molar-refractivity contribution is 6.36. The van der Waals surface area contributed by atoms with Crippen molar-refractivity contribution >= 4 is 65.2 Å². The summed E-state index contributed by atoms with van der Waals surface area (Å²) in [5, 5.41) is 31.6. The lowest BCUT2D eigenvalue weighted by atomic mass is 9.78. The van der Waals surface area contributed by atoms with E-state index in [1.54, 1.807) is 0 Å². The molecule has 0 N–H and O–H groups in total. The molecule has 0 saturated heterocycles. The van der Waals surface area contributed by atoms with E-state index in [2.05, 4.69) is 143 Å². The topological polar surface area (TPSA) is 56.3 Å². The maximum atomic E-state index is 10.4. The van der Waals surface area contributed by atoms with Crippen LogP contribution in [0.5, 0.6) is 0 Å². The van der Waals surface area contributed by atoms with Gasteiger partial charge in [-0.05, 0) is 179 Å². The quantitative estimate of drug-likeness (QED) is 0.131. The zero-order chi connectivity index (χ0) is 46.8. The molecule has 0 radical (unpaired) electrons. The van der Waals surface area contributed by atoms with E-state index >= 15 is 0 Å². The molecule has 2 aliphatic carbocycles. The van der Waals surface area contributed by atoms with Gasteiger partial charge < -0.3 is 0 Å². The van der Waals surface area contributed by atoms with Crippen molar-refractivity contribution in [2.75, 3.05) is 0 Å². The summed E-state index contributed by atoms with van der Waals surface area (Å²) in [6.45, 7) is 16.3. The van der Waals surface area contributed by atoms with Crippen LogP contribution < -0.4 is 0 Å². The predicted octanol–water partition coefficient (Wildman–Crippen LogP) is 18.3. The van der Waals surface area contributed by atoms with Gasteiger partial charge in [-0.1, -0.05) is 158 Å². The minimum absolute atomic E-state index is 0.555. The van der Waals surface area contributed by atoms with Crippen molar-refractivity contribution in [3.63, 3.8) is 0 Å². The Morgan fingerprint density at radius 2 is 0.629 bits per heavy atom. The van der Waals surface area contributed by atoms with Crippen molar-refractivity contribution in [1.82, 2.24) is 0 Å². The molecule has 0 unspecified atom stereocenters. The Labute approximate surface area is 403 Å². The van der Waals surface area contributed by atoms with Crippen LogP contribution in [0.1, 0.15) is 11.1 Å². The predicted molar refractivity (Wildman–Crippen MR) is 287 cm³/mol. The monoisotopic (exact) mass is 880 g/mol. The molecule has 70 heavy (non-hydrogen) atoms. The first kappa shape index (κ1) is 39.1. The molecule has 0 fully saturated rings. The number of nitrogens with zero attached hydrogens (tertiary/aromatic N) is 4. The summed E-state index contributed by atoms with van der Waals surface area (Å²) in [5.41, 5.74) is 19.2. The van der Waals surface area contributed by atoms with Crippen LogP contribution in [0.2, 0.25) is 0 Å².